The van der Waals surface area contributed by atoms with E-state index < -0.39 is 0 Å². The lowest BCUT2D eigenvalue weighted by molar-refractivity contribution is -0.113. The van der Waals surface area contributed by atoms with Gasteiger partial charge in [-0.25, -0.2) is 0 Å². The number of hydrogen-bond donors (Lipinski definition) is 1. The summed E-state index contributed by atoms with van der Waals surface area (Å²) >= 11 is 4.64. The molecule has 1 heterocycles. The molecule has 3 rings (SSSR count). The molecular formula is C20H21N3OS3. The van der Waals surface area contributed by atoms with Crippen molar-refractivity contribution in [2.75, 3.05) is 16.8 Å². The molecule has 7 heteroatoms. The summed E-state index contributed by atoms with van der Waals surface area (Å²) in [6.45, 7) is 2.05. The molecule has 0 bridgehead atoms. The molecular weight excluding hydrogens is 394 g/mol. The predicted octanol–water partition coefficient (Wildman–Crippen LogP) is 5.30. The first-order chi connectivity index (χ1) is 13.2. The van der Waals surface area contributed by atoms with E-state index in [9.17, 15) is 4.79 Å². The molecule has 0 saturated heterocycles. The molecule has 4 nitrogen and oxygen atoms in total. The molecule has 27 heavy (non-hydrogen) atoms. The van der Waals surface area contributed by atoms with E-state index in [-0.39, 0.29) is 5.91 Å². The van der Waals surface area contributed by atoms with E-state index in [1.165, 1.54) is 34.2 Å². The van der Waals surface area contributed by atoms with Crippen molar-refractivity contribution in [2.24, 2.45) is 0 Å². The Bertz CT molecular complexity index is 850. The van der Waals surface area contributed by atoms with E-state index in [4.69, 9.17) is 0 Å². The van der Waals surface area contributed by atoms with E-state index in [1.54, 1.807) is 11.8 Å². The molecule has 3 aromatic rings. The molecule has 1 aromatic heterocycles. The van der Waals surface area contributed by atoms with Crippen LogP contribution in [-0.2, 0) is 11.2 Å². The van der Waals surface area contributed by atoms with Gasteiger partial charge in [-0.05, 0) is 37.5 Å². The van der Waals surface area contributed by atoms with E-state index in [2.05, 4.69) is 39.8 Å². The summed E-state index contributed by atoms with van der Waals surface area (Å²) in [5.41, 5.74) is 2.57. The van der Waals surface area contributed by atoms with Crippen LogP contribution in [0.5, 0.6) is 0 Å². The maximum Gasteiger partial charge on any atom is 0.236 e. The van der Waals surface area contributed by atoms with Crippen molar-refractivity contribution in [3.05, 3.63) is 65.7 Å². The Kier molecular flexibility index (Phi) is 7.74. The van der Waals surface area contributed by atoms with Gasteiger partial charge in [-0.15, -0.1) is 22.0 Å². The van der Waals surface area contributed by atoms with Crippen LogP contribution in [0.3, 0.4) is 0 Å². The van der Waals surface area contributed by atoms with Crippen LogP contribution in [0.2, 0.25) is 0 Å². The van der Waals surface area contributed by atoms with Crippen molar-refractivity contribution in [3.8, 4) is 0 Å². The number of nitrogens with zero attached hydrogens (tertiary/aromatic N) is 2. The van der Waals surface area contributed by atoms with Crippen molar-refractivity contribution in [1.29, 1.82) is 0 Å². The Morgan fingerprint density at radius 3 is 2.59 bits per heavy atom. The normalized spacial score (nSPS) is 10.7. The summed E-state index contributed by atoms with van der Waals surface area (Å²) in [7, 11) is 0. The predicted molar refractivity (Wildman–Crippen MR) is 116 cm³/mol. The smallest absolute Gasteiger partial charge is 0.236 e. The minimum Gasteiger partial charge on any atom is -0.300 e. The Morgan fingerprint density at radius 1 is 1.04 bits per heavy atom. The van der Waals surface area contributed by atoms with Crippen LogP contribution in [0.15, 0.2) is 63.8 Å². The second-order valence-corrected chi connectivity index (χ2v) is 9.33. The molecule has 140 valence electrons. The minimum atomic E-state index is -0.0580. The average molecular weight is 416 g/mol. The van der Waals surface area contributed by atoms with Crippen LogP contribution < -0.4 is 5.32 Å². The third-order valence-corrected chi connectivity index (χ3v) is 6.79. The Balaban J connectivity index is 1.37. The average Bonchev–Trinajstić information content (AvgIpc) is 3.13. The highest BCUT2D eigenvalue weighted by Gasteiger charge is 2.09. The van der Waals surface area contributed by atoms with Crippen LogP contribution in [0, 0.1) is 6.92 Å². The zero-order valence-corrected chi connectivity index (χ0v) is 17.5. The molecule has 0 fully saturated rings. The third-order valence-electron chi connectivity index (χ3n) is 3.72. The number of aryl methyl sites for hydroxylation is 2. The molecule has 0 unspecified atom stereocenters. The fraction of sp³-hybridized carbons (Fsp3) is 0.250. The molecule has 0 aliphatic heterocycles. The van der Waals surface area contributed by atoms with E-state index >= 15 is 0 Å². The van der Waals surface area contributed by atoms with Crippen molar-refractivity contribution in [2.45, 2.75) is 29.0 Å². The number of amides is 1. The lowest BCUT2D eigenvalue weighted by Gasteiger charge is -2.02. The molecule has 0 aliphatic rings. The maximum atomic E-state index is 12.1. The summed E-state index contributed by atoms with van der Waals surface area (Å²) < 4.78 is 0.893. The van der Waals surface area contributed by atoms with Crippen LogP contribution in [0.4, 0.5) is 5.13 Å². The molecule has 2 aromatic carbocycles. The lowest BCUT2D eigenvalue weighted by Crippen LogP contribution is -2.13. The summed E-state index contributed by atoms with van der Waals surface area (Å²) in [5.74, 6) is 1.29. The number of carbonyl (C=O) groups is 1. The summed E-state index contributed by atoms with van der Waals surface area (Å²) in [6.07, 6.45) is 2.15. The number of nitrogens with one attached hydrogen (secondary N) is 1. The van der Waals surface area contributed by atoms with Gasteiger partial charge in [0.1, 0.15) is 0 Å². The molecule has 0 atom stereocenters. The maximum absolute atomic E-state index is 12.1. The highest BCUT2D eigenvalue weighted by Crippen LogP contribution is 2.26. The topological polar surface area (TPSA) is 54.9 Å². The van der Waals surface area contributed by atoms with Crippen molar-refractivity contribution in [3.63, 3.8) is 0 Å². The van der Waals surface area contributed by atoms with Gasteiger partial charge in [0, 0.05) is 10.6 Å². The van der Waals surface area contributed by atoms with Crippen LogP contribution in [0.25, 0.3) is 0 Å². The summed E-state index contributed by atoms with van der Waals surface area (Å²) in [5, 5.41) is 11.6. The van der Waals surface area contributed by atoms with Gasteiger partial charge in [-0.2, -0.15) is 0 Å². The first-order valence-electron chi connectivity index (χ1n) is 8.68. The van der Waals surface area contributed by atoms with Gasteiger partial charge >= 0.3 is 0 Å². The van der Waals surface area contributed by atoms with E-state index in [0.717, 1.165) is 27.8 Å². The SMILES string of the molecule is Cc1ccc(SCC(=O)Nc2nnc(SCCCc3ccccc3)s2)cc1. The van der Waals surface area contributed by atoms with Crippen LogP contribution in [0.1, 0.15) is 17.5 Å². The number of thioether (sulfide) groups is 2. The molecule has 0 saturated carbocycles. The van der Waals surface area contributed by atoms with Gasteiger partial charge in [-0.1, -0.05) is 71.1 Å². The molecule has 1 amide bonds. The molecule has 0 spiro atoms. The highest BCUT2D eigenvalue weighted by atomic mass is 32.2. The Morgan fingerprint density at radius 2 is 1.81 bits per heavy atom. The monoisotopic (exact) mass is 415 g/mol. The third kappa shape index (κ3) is 7.01. The number of carbonyl (C=O) groups excluding carboxylic acids is 1. The second-order valence-electron chi connectivity index (χ2n) is 5.96. The number of rotatable bonds is 9. The standard InChI is InChI=1S/C20H21N3OS3/c1-15-9-11-17(12-10-15)26-14-18(24)21-19-22-23-20(27-19)25-13-5-8-16-6-3-2-4-7-16/h2-4,6-7,9-12H,5,8,13-14H2,1H3,(H,21,22,24). The van der Waals surface area contributed by atoms with Gasteiger partial charge in [0.2, 0.25) is 11.0 Å². The van der Waals surface area contributed by atoms with Gasteiger partial charge in [0.15, 0.2) is 4.34 Å². The lowest BCUT2D eigenvalue weighted by atomic mass is 10.1. The zero-order chi connectivity index (χ0) is 18.9. The molecule has 0 radical (unpaired) electrons. The number of benzene rings is 2. The van der Waals surface area contributed by atoms with Gasteiger partial charge < -0.3 is 0 Å². The summed E-state index contributed by atoms with van der Waals surface area (Å²) in [4.78, 5) is 13.2. The first kappa shape index (κ1) is 19.9. The summed E-state index contributed by atoms with van der Waals surface area (Å²) in [6, 6.07) is 18.6. The van der Waals surface area contributed by atoms with E-state index in [0.29, 0.717) is 10.9 Å². The quantitative estimate of drug-likeness (QED) is 0.292. The van der Waals surface area contributed by atoms with Crippen LogP contribution in [-0.4, -0.2) is 27.6 Å². The van der Waals surface area contributed by atoms with Crippen LogP contribution >= 0.6 is 34.9 Å². The fourth-order valence-electron chi connectivity index (χ4n) is 2.34. The van der Waals surface area contributed by atoms with Crippen molar-refractivity contribution < 1.29 is 4.79 Å². The Hall–Kier alpha value is -1.83. The first-order valence-corrected chi connectivity index (χ1v) is 11.5. The van der Waals surface area contributed by atoms with E-state index in [1.807, 2.05) is 37.3 Å². The highest BCUT2D eigenvalue weighted by molar-refractivity contribution is 8.01. The van der Waals surface area contributed by atoms with Gasteiger partial charge in [-0.3, -0.25) is 10.1 Å². The van der Waals surface area contributed by atoms with Gasteiger partial charge in [0.25, 0.3) is 0 Å². The number of aromatic nitrogens is 2. The second kappa shape index (κ2) is 10.5. The number of anilines is 1. The zero-order valence-electron chi connectivity index (χ0n) is 15.1. The molecule has 1 N–H and O–H groups in total. The largest absolute Gasteiger partial charge is 0.300 e. The number of hydrogen-bond acceptors (Lipinski definition) is 6. The Labute approximate surface area is 172 Å². The van der Waals surface area contributed by atoms with Crippen molar-refractivity contribution >= 4 is 45.9 Å². The van der Waals surface area contributed by atoms with Gasteiger partial charge in [0.05, 0.1) is 5.75 Å². The fourth-order valence-corrected chi connectivity index (χ4v) is 4.81. The minimum absolute atomic E-state index is 0.0580. The molecule has 0 aliphatic carbocycles. The van der Waals surface area contributed by atoms with Crippen molar-refractivity contribution in [1.82, 2.24) is 10.2 Å².